The van der Waals surface area contributed by atoms with Crippen LogP contribution in [-0.4, -0.2) is 16.7 Å². The van der Waals surface area contributed by atoms with Gasteiger partial charge in [-0.15, -0.1) is 0 Å². The Balaban J connectivity index is 2.03. The van der Waals surface area contributed by atoms with Crippen molar-refractivity contribution in [3.05, 3.63) is 71.3 Å². The molecule has 1 amide bonds. The molecule has 2 N–H and O–H groups in total. The van der Waals surface area contributed by atoms with E-state index in [0.717, 1.165) is 11.1 Å². The molecule has 0 aliphatic rings. The predicted molar refractivity (Wildman–Crippen MR) is 82.9 cm³/mol. The van der Waals surface area contributed by atoms with Crippen LogP contribution in [0.5, 0.6) is 0 Å². The number of benzene rings is 2. The summed E-state index contributed by atoms with van der Waals surface area (Å²) < 4.78 is 0. The Hall–Kier alpha value is -2.46. The van der Waals surface area contributed by atoms with Gasteiger partial charge in [-0.25, -0.2) is 5.43 Å². The lowest BCUT2D eigenvalue weighted by molar-refractivity contribution is -0.129. The van der Waals surface area contributed by atoms with E-state index in [-0.39, 0.29) is 0 Å². The van der Waals surface area contributed by atoms with Gasteiger partial charge in [-0.05, 0) is 25.0 Å². The first-order valence-corrected chi connectivity index (χ1v) is 6.72. The minimum Gasteiger partial charge on any atom is -0.378 e. The summed E-state index contributed by atoms with van der Waals surface area (Å²) in [5.41, 5.74) is 5.70. The van der Waals surface area contributed by atoms with Crippen molar-refractivity contribution in [2.45, 2.75) is 20.0 Å². The van der Waals surface area contributed by atoms with E-state index in [2.05, 4.69) is 10.5 Å². The molecule has 21 heavy (non-hydrogen) atoms. The first kappa shape index (κ1) is 14.9. The van der Waals surface area contributed by atoms with Crippen LogP contribution < -0.4 is 5.43 Å². The van der Waals surface area contributed by atoms with Crippen molar-refractivity contribution in [1.82, 2.24) is 5.43 Å². The minimum atomic E-state index is -1.22. The lowest BCUT2D eigenvalue weighted by atomic mass is 10.1. The zero-order chi connectivity index (χ0) is 15.2. The van der Waals surface area contributed by atoms with Gasteiger partial charge < -0.3 is 5.11 Å². The molecule has 0 aliphatic heterocycles. The molecule has 2 rings (SSSR count). The molecule has 0 saturated carbocycles. The second-order valence-corrected chi connectivity index (χ2v) is 4.85. The lowest BCUT2D eigenvalue weighted by Gasteiger charge is -2.09. The molecule has 0 aromatic heterocycles. The van der Waals surface area contributed by atoms with Gasteiger partial charge in [-0.2, -0.15) is 5.10 Å². The third-order valence-corrected chi connectivity index (χ3v) is 3.17. The highest BCUT2D eigenvalue weighted by molar-refractivity contribution is 5.99. The van der Waals surface area contributed by atoms with Crippen LogP contribution in [0.1, 0.15) is 29.7 Å². The molecule has 4 nitrogen and oxygen atoms in total. The van der Waals surface area contributed by atoms with Crippen LogP contribution in [-0.2, 0) is 4.79 Å². The average Bonchev–Trinajstić information content (AvgIpc) is 2.53. The monoisotopic (exact) mass is 282 g/mol. The summed E-state index contributed by atoms with van der Waals surface area (Å²) in [7, 11) is 0. The molecule has 2 aromatic carbocycles. The van der Waals surface area contributed by atoms with Crippen LogP contribution >= 0.6 is 0 Å². The van der Waals surface area contributed by atoms with Gasteiger partial charge in [0.2, 0.25) is 0 Å². The number of hydrogen-bond acceptors (Lipinski definition) is 3. The van der Waals surface area contributed by atoms with Gasteiger partial charge in [0.05, 0.1) is 5.71 Å². The molecule has 4 heteroatoms. The smallest absolute Gasteiger partial charge is 0.273 e. The number of aryl methyl sites for hydroxylation is 1. The van der Waals surface area contributed by atoms with Crippen molar-refractivity contribution in [3.63, 3.8) is 0 Å². The van der Waals surface area contributed by atoms with E-state index in [9.17, 15) is 9.90 Å². The number of amides is 1. The summed E-state index contributed by atoms with van der Waals surface area (Å²) >= 11 is 0. The molecular weight excluding hydrogens is 264 g/mol. The Morgan fingerprint density at radius 3 is 2.33 bits per heavy atom. The van der Waals surface area contributed by atoms with E-state index in [1.54, 1.807) is 31.2 Å². The fourth-order valence-electron chi connectivity index (χ4n) is 1.85. The van der Waals surface area contributed by atoms with Crippen molar-refractivity contribution in [2.75, 3.05) is 0 Å². The summed E-state index contributed by atoms with van der Waals surface area (Å²) in [6.45, 7) is 3.81. The summed E-state index contributed by atoms with van der Waals surface area (Å²) in [6, 6.07) is 16.6. The van der Waals surface area contributed by atoms with E-state index in [1.165, 1.54) is 0 Å². The van der Waals surface area contributed by atoms with E-state index < -0.39 is 12.0 Å². The number of carbonyl (C=O) groups is 1. The van der Waals surface area contributed by atoms with Crippen molar-refractivity contribution in [2.24, 2.45) is 5.10 Å². The number of hydrogen-bond donors (Lipinski definition) is 2. The summed E-state index contributed by atoms with van der Waals surface area (Å²) in [5, 5.41) is 14.0. The van der Waals surface area contributed by atoms with Crippen LogP contribution in [0.2, 0.25) is 0 Å². The average molecular weight is 282 g/mol. The molecule has 0 spiro atoms. The number of hydrazone groups is 1. The highest BCUT2D eigenvalue weighted by atomic mass is 16.3. The Labute approximate surface area is 124 Å². The van der Waals surface area contributed by atoms with Gasteiger partial charge in [-0.1, -0.05) is 60.2 Å². The van der Waals surface area contributed by atoms with E-state index in [0.29, 0.717) is 11.3 Å². The third-order valence-electron chi connectivity index (χ3n) is 3.17. The first-order valence-electron chi connectivity index (χ1n) is 6.72. The molecule has 108 valence electrons. The van der Waals surface area contributed by atoms with E-state index in [4.69, 9.17) is 0 Å². The summed E-state index contributed by atoms with van der Waals surface area (Å²) in [6.07, 6.45) is -1.22. The Bertz CT molecular complexity index is 634. The van der Waals surface area contributed by atoms with Crippen molar-refractivity contribution < 1.29 is 9.90 Å². The molecule has 2 aromatic rings. The number of carbonyl (C=O) groups excluding carboxylic acids is 1. The zero-order valence-corrected chi connectivity index (χ0v) is 12.1. The zero-order valence-electron chi connectivity index (χ0n) is 12.1. The van der Waals surface area contributed by atoms with E-state index in [1.807, 2.05) is 37.3 Å². The Kier molecular flexibility index (Phi) is 4.85. The minimum absolute atomic E-state index is 0.540. The predicted octanol–water partition coefficient (Wildman–Crippen LogP) is 2.57. The molecule has 0 heterocycles. The number of aliphatic hydroxyl groups excluding tert-OH is 1. The number of nitrogens with one attached hydrogen (secondary N) is 1. The molecule has 1 atom stereocenters. The molecule has 0 saturated heterocycles. The first-order chi connectivity index (χ1) is 10.1. The fourth-order valence-corrected chi connectivity index (χ4v) is 1.85. The molecule has 0 unspecified atom stereocenters. The van der Waals surface area contributed by atoms with Crippen molar-refractivity contribution in [3.8, 4) is 0 Å². The lowest BCUT2D eigenvalue weighted by Crippen LogP contribution is -2.26. The fraction of sp³-hybridized carbons (Fsp3) is 0.176. The molecule has 0 aliphatic carbocycles. The number of aliphatic hydroxyl groups is 1. The van der Waals surface area contributed by atoms with Gasteiger partial charge in [-0.3, -0.25) is 4.79 Å². The van der Waals surface area contributed by atoms with Crippen LogP contribution in [0.4, 0.5) is 0 Å². The normalized spacial score (nSPS) is 12.8. The molecule has 0 bridgehead atoms. The van der Waals surface area contributed by atoms with Gasteiger partial charge in [0, 0.05) is 0 Å². The molecule has 0 fully saturated rings. The van der Waals surface area contributed by atoms with Crippen LogP contribution in [0.15, 0.2) is 59.7 Å². The van der Waals surface area contributed by atoms with Crippen LogP contribution in [0, 0.1) is 6.92 Å². The van der Waals surface area contributed by atoms with E-state index >= 15 is 0 Å². The Morgan fingerprint density at radius 2 is 1.71 bits per heavy atom. The third kappa shape index (κ3) is 4.00. The largest absolute Gasteiger partial charge is 0.378 e. The van der Waals surface area contributed by atoms with Crippen molar-refractivity contribution >= 4 is 11.6 Å². The van der Waals surface area contributed by atoms with Crippen LogP contribution in [0.25, 0.3) is 0 Å². The van der Waals surface area contributed by atoms with Gasteiger partial charge in [0.25, 0.3) is 5.91 Å². The Morgan fingerprint density at radius 1 is 1.10 bits per heavy atom. The molecular formula is C17H18N2O2. The maximum absolute atomic E-state index is 11.9. The second kappa shape index (κ2) is 6.81. The number of rotatable bonds is 4. The van der Waals surface area contributed by atoms with Gasteiger partial charge in [0.1, 0.15) is 0 Å². The standard InChI is InChI=1S/C17H18N2O2/c1-12-8-10-14(11-9-12)13(2)18-19-17(21)16(20)15-6-4-3-5-7-15/h3-11,16,20H,1-2H3,(H,19,21)/b18-13-/t16-/m0/s1. The SMILES string of the molecule is C/C(=N/NC(=O)[C@@H](O)c1ccccc1)c1ccc(C)cc1. The highest BCUT2D eigenvalue weighted by Crippen LogP contribution is 2.12. The highest BCUT2D eigenvalue weighted by Gasteiger charge is 2.16. The van der Waals surface area contributed by atoms with Crippen molar-refractivity contribution in [1.29, 1.82) is 0 Å². The maximum Gasteiger partial charge on any atom is 0.273 e. The summed E-state index contributed by atoms with van der Waals surface area (Å²) in [4.78, 5) is 11.9. The van der Waals surface area contributed by atoms with Crippen LogP contribution in [0.3, 0.4) is 0 Å². The maximum atomic E-state index is 11.9. The number of nitrogens with zero attached hydrogens (tertiary/aromatic N) is 1. The topological polar surface area (TPSA) is 61.7 Å². The second-order valence-electron chi connectivity index (χ2n) is 4.85. The quantitative estimate of drug-likeness (QED) is 0.669. The summed E-state index contributed by atoms with van der Waals surface area (Å²) in [5.74, 6) is -0.548. The molecule has 0 radical (unpaired) electrons. The van der Waals surface area contributed by atoms with Gasteiger partial charge in [0.15, 0.2) is 6.10 Å². The van der Waals surface area contributed by atoms with Gasteiger partial charge >= 0.3 is 0 Å².